The standard InChI is InChI=1S/C23H22FN5O3S/c1-3-32-21(30)18-17(25-22(31)26-19(18)14-9-5-4-6-10-14)13-33-23-28-27-20(29(23)2)15-11-7-8-12-16(15)24/h4-12,19H,3,13H2,1-2H3,(H2,25,26,31). The van der Waals surface area contributed by atoms with E-state index in [0.29, 0.717) is 27.8 Å². The molecule has 0 bridgehead atoms. The van der Waals surface area contributed by atoms with E-state index in [-0.39, 0.29) is 12.4 Å². The number of amides is 2. The van der Waals surface area contributed by atoms with E-state index in [1.54, 1.807) is 36.7 Å². The Labute approximate surface area is 194 Å². The van der Waals surface area contributed by atoms with Crippen molar-refractivity contribution < 1.29 is 18.7 Å². The molecule has 0 aliphatic carbocycles. The number of hydrogen-bond donors (Lipinski definition) is 2. The highest BCUT2D eigenvalue weighted by Crippen LogP contribution is 2.31. The smallest absolute Gasteiger partial charge is 0.338 e. The molecular formula is C23H22FN5O3S. The van der Waals surface area contributed by atoms with Crippen molar-refractivity contribution in [3.63, 3.8) is 0 Å². The lowest BCUT2D eigenvalue weighted by molar-refractivity contribution is -0.139. The van der Waals surface area contributed by atoms with E-state index < -0.39 is 23.9 Å². The number of nitrogens with zero attached hydrogens (tertiary/aromatic N) is 3. The van der Waals surface area contributed by atoms with Crippen molar-refractivity contribution in [3.05, 3.63) is 77.2 Å². The normalized spacial score (nSPS) is 15.7. The Kier molecular flexibility index (Phi) is 6.74. The van der Waals surface area contributed by atoms with E-state index in [1.165, 1.54) is 17.8 Å². The van der Waals surface area contributed by atoms with Crippen LogP contribution in [0.1, 0.15) is 18.5 Å². The number of esters is 1. The first-order valence-electron chi connectivity index (χ1n) is 10.3. The molecule has 8 nitrogen and oxygen atoms in total. The molecule has 0 saturated carbocycles. The molecule has 3 aromatic rings. The van der Waals surface area contributed by atoms with E-state index in [9.17, 15) is 14.0 Å². The fourth-order valence-corrected chi connectivity index (χ4v) is 4.41. The van der Waals surface area contributed by atoms with Crippen LogP contribution in [-0.2, 0) is 16.6 Å². The molecule has 33 heavy (non-hydrogen) atoms. The Hall–Kier alpha value is -3.66. The number of carbonyl (C=O) groups is 2. The Morgan fingerprint density at radius 2 is 1.88 bits per heavy atom. The molecule has 170 valence electrons. The molecule has 2 N–H and O–H groups in total. The number of hydrogen-bond acceptors (Lipinski definition) is 6. The molecule has 2 aromatic carbocycles. The number of aromatic nitrogens is 3. The molecule has 2 amide bonds. The Morgan fingerprint density at radius 3 is 2.61 bits per heavy atom. The minimum Gasteiger partial charge on any atom is -0.463 e. The minimum atomic E-state index is -0.650. The highest BCUT2D eigenvalue weighted by molar-refractivity contribution is 7.99. The zero-order chi connectivity index (χ0) is 23.4. The summed E-state index contributed by atoms with van der Waals surface area (Å²) in [4.78, 5) is 25.2. The van der Waals surface area contributed by atoms with Crippen LogP contribution in [0.25, 0.3) is 11.4 Å². The van der Waals surface area contributed by atoms with Gasteiger partial charge in [0.15, 0.2) is 11.0 Å². The van der Waals surface area contributed by atoms with E-state index in [2.05, 4.69) is 20.8 Å². The van der Waals surface area contributed by atoms with Gasteiger partial charge < -0.3 is 19.9 Å². The highest BCUT2D eigenvalue weighted by Gasteiger charge is 2.33. The summed E-state index contributed by atoms with van der Waals surface area (Å²) >= 11 is 1.27. The number of carbonyl (C=O) groups excluding carboxylic acids is 2. The van der Waals surface area contributed by atoms with Gasteiger partial charge in [-0.25, -0.2) is 14.0 Å². The number of urea groups is 1. The van der Waals surface area contributed by atoms with Gasteiger partial charge in [0.1, 0.15) is 5.82 Å². The number of ether oxygens (including phenoxy) is 1. The molecule has 10 heteroatoms. The van der Waals surface area contributed by atoms with Crippen LogP contribution in [-0.4, -0.2) is 39.1 Å². The summed E-state index contributed by atoms with van der Waals surface area (Å²) in [6.45, 7) is 1.93. The Morgan fingerprint density at radius 1 is 1.15 bits per heavy atom. The van der Waals surface area contributed by atoms with Gasteiger partial charge in [0.05, 0.1) is 23.8 Å². The maximum absolute atomic E-state index is 14.2. The molecule has 1 aromatic heterocycles. The lowest BCUT2D eigenvalue weighted by Crippen LogP contribution is -2.46. The van der Waals surface area contributed by atoms with Gasteiger partial charge in [-0.1, -0.05) is 54.2 Å². The highest BCUT2D eigenvalue weighted by atomic mass is 32.2. The fourth-order valence-electron chi connectivity index (χ4n) is 3.53. The second-order valence-electron chi connectivity index (χ2n) is 7.19. The van der Waals surface area contributed by atoms with Crippen LogP contribution in [0.15, 0.2) is 71.0 Å². The van der Waals surface area contributed by atoms with Crippen molar-refractivity contribution in [2.24, 2.45) is 7.05 Å². The van der Waals surface area contributed by atoms with Gasteiger partial charge in [-0.3, -0.25) is 0 Å². The van der Waals surface area contributed by atoms with Crippen LogP contribution < -0.4 is 10.6 Å². The number of thioether (sulfide) groups is 1. The average molecular weight is 468 g/mol. The maximum atomic E-state index is 14.2. The second kappa shape index (κ2) is 9.86. The molecule has 0 spiro atoms. The summed E-state index contributed by atoms with van der Waals surface area (Å²) in [7, 11) is 1.73. The van der Waals surface area contributed by atoms with Crippen LogP contribution in [0.5, 0.6) is 0 Å². The summed E-state index contributed by atoms with van der Waals surface area (Å²) in [6.07, 6.45) is 0. The fraction of sp³-hybridized carbons (Fsp3) is 0.217. The lowest BCUT2D eigenvalue weighted by Gasteiger charge is -2.29. The van der Waals surface area contributed by atoms with Gasteiger partial charge in [-0.05, 0) is 24.6 Å². The van der Waals surface area contributed by atoms with Gasteiger partial charge in [-0.15, -0.1) is 10.2 Å². The van der Waals surface area contributed by atoms with Crippen molar-refractivity contribution in [1.82, 2.24) is 25.4 Å². The summed E-state index contributed by atoms with van der Waals surface area (Å²) in [5.74, 6) is -0.298. The molecule has 1 aliphatic rings. The van der Waals surface area contributed by atoms with Crippen LogP contribution in [0.4, 0.5) is 9.18 Å². The molecular weight excluding hydrogens is 445 g/mol. The molecule has 2 heterocycles. The molecule has 0 fully saturated rings. The monoisotopic (exact) mass is 467 g/mol. The number of nitrogens with one attached hydrogen (secondary N) is 2. The van der Waals surface area contributed by atoms with Gasteiger partial charge in [-0.2, -0.15) is 0 Å². The largest absolute Gasteiger partial charge is 0.463 e. The second-order valence-corrected chi connectivity index (χ2v) is 8.13. The Bertz CT molecular complexity index is 1210. The number of benzene rings is 2. The summed E-state index contributed by atoms with van der Waals surface area (Å²) < 4.78 is 21.1. The van der Waals surface area contributed by atoms with Gasteiger partial charge >= 0.3 is 12.0 Å². The Balaban J connectivity index is 1.65. The SMILES string of the molecule is CCOC(=O)C1=C(CSc2nnc(-c3ccccc3F)n2C)NC(=O)NC1c1ccccc1. The summed E-state index contributed by atoms with van der Waals surface area (Å²) in [5.41, 5.74) is 1.85. The first kappa shape index (κ1) is 22.5. The van der Waals surface area contributed by atoms with Crippen LogP contribution >= 0.6 is 11.8 Å². The maximum Gasteiger partial charge on any atom is 0.338 e. The summed E-state index contributed by atoms with van der Waals surface area (Å²) in [6, 6.07) is 14.5. The van der Waals surface area contributed by atoms with Crippen LogP contribution in [0, 0.1) is 5.82 Å². The quantitative estimate of drug-likeness (QED) is 0.407. The molecule has 0 radical (unpaired) electrons. The third-order valence-electron chi connectivity index (χ3n) is 5.08. The summed E-state index contributed by atoms with van der Waals surface area (Å²) in [5, 5.41) is 14.3. The average Bonchev–Trinajstić information content (AvgIpc) is 3.18. The van der Waals surface area contributed by atoms with E-state index in [4.69, 9.17) is 4.74 Å². The molecule has 1 unspecified atom stereocenters. The van der Waals surface area contributed by atoms with E-state index in [1.807, 2.05) is 30.3 Å². The van der Waals surface area contributed by atoms with Crippen LogP contribution in [0.3, 0.4) is 0 Å². The minimum absolute atomic E-state index is 0.202. The molecule has 1 atom stereocenters. The van der Waals surface area contributed by atoms with Crippen molar-refractivity contribution in [1.29, 1.82) is 0 Å². The van der Waals surface area contributed by atoms with E-state index >= 15 is 0 Å². The van der Waals surface area contributed by atoms with E-state index in [0.717, 1.165) is 5.56 Å². The van der Waals surface area contributed by atoms with Gasteiger partial charge in [0.2, 0.25) is 0 Å². The van der Waals surface area contributed by atoms with Crippen LogP contribution in [0.2, 0.25) is 0 Å². The molecule has 4 rings (SSSR count). The third-order valence-corrected chi connectivity index (χ3v) is 6.12. The predicted molar refractivity (Wildman–Crippen MR) is 122 cm³/mol. The van der Waals surface area contributed by atoms with Crippen molar-refractivity contribution in [2.45, 2.75) is 18.1 Å². The molecule has 1 aliphatic heterocycles. The van der Waals surface area contributed by atoms with Gasteiger partial charge in [0, 0.05) is 18.5 Å². The van der Waals surface area contributed by atoms with Crippen molar-refractivity contribution in [2.75, 3.05) is 12.4 Å². The van der Waals surface area contributed by atoms with Gasteiger partial charge in [0.25, 0.3) is 0 Å². The first-order chi connectivity index (χ1) is 16.0. The number of rotatable bonds is 7. The zero-order valence-corrected chi connectivity index (χ0v) is 18.9. The zero-order valence-electron chi connectivity index (χ0n) is 18.0. The van der Waals surface area contributed by atoms with Crippen molar-refractivity contribution >= 4 is 23.8 Å². The predicted octanol–water partition coefficient (Wildman–Crippen LogP) is 3.58. The first-order valence-corrected chi connectivity index (χ1v) is 11.3. The third kappa shape index (κ3) is 4.75. The lowest BCUT2D eigenvalue weighted by atomic mass is 9.95. The topological polar surface area (TPSA) is 98.1 Å². The number of halogens is 1. The van der Waals surface area contributed by atoms with Crippen molar-refractivity contribution in [3.8, 4) is 11.4 Å². The molecule has 0 saturated heterocycles.